The first-order valence-electron chi connectivity index (χ1n) is 7.04. The van der Waals surface area contributed by atoms with Crippen molar-refractivity contribution in [3.63, 3.8) is 0 Å². The van der Waals surface area contributed by atoms with E-state index in [1.165, 1.54) is 10.4 Å². The summed E-state index contributed by atoms with van der Waals surface area (Å²) in [5.41, 5.74) is 2.15. The average molecular weight is 342 g/mol. The van der Waals surface area contributed by atoms with Crippen LogP contribution in [0.4, 0.5) is 0 Å². The van der Waals surface area contributed by atoms with Crippen molar-refractivity contribution in [3.05, 3.63) is 55.7 Å². The summed E-state index contributed by atoms with van der Waals surface area (Å²) in [5.74, 6) is 0. The van der Waals surface area contributed by atoms with Crippen molar-refractivity contribution in [1.29, 1.82) is 0 Å². The minimum absolute atomic E-state index is 0.463. The van der Waals surface area contributed by atoms with Gasteiger partial charge >= 0.3 is 0 Å². The van der Waals surface area contributed by atoms with E-state index >= 15 is 0 Å². The Morgan fingerprint density at radius 1 is 1.29 bits per heavy atom. The number of nitrogens with zero attached hydrogens (tertiary/aromatic N) is 1. The molecule has 1 aliphatic heterocycles. The Kier molecular flexibility index (Phi) is 4.87. The Morgan fingerprint density at radius 3 is 3.00 bits per heavy atom. The maximum atomic E-state index is 10.3. The third-order valence-corrected chi connectivity index (χ3v) is 5.80. The molecule has 2 heterocycles. The summed E-state index contributed by atoms with van der Waals surface area (Å²) in [5, 5.41) is 13.5. The summed E-state index contributed by atoms with van der Waals surface area (Å²) in [6.07, 6.45) is 1.21. The molecule has 2 aromatic rings. The fourth-order valence-electron chi connectivity index (χ4n) is 2.74. The van der Waals surface area contributed by atoms with E-state index in [1.54, 1.807) is 6.07 Å². The van der Waals surface area contributed by atoms with E-state index in [-0.39, 0.29) is 0 Å². The van der Waals surface area contributed by atoms with Gasteiger partial charge in [0.25, 0.3) is 0 Å². The van der Waals surface area contributed by atoms with Gasteiger partial charge in [0.1, 0.15) is 0 Å². The molecule has 1 N–H and O–H groups in total. The van der Waals surface area contributed by atoms with Crippen LogP contribution in [-0.2, 0) is 13.0 Å². The van der Waals surface area contributed by atoms with Gasteiger partial charge in [-0.2, -0.15) is 0 Å². The van der Waals surface area contributed by atoms with Crippen LogP contribution in [0.2, 0.25) is 10.0 Å². The van der Waals surface area contributed by atoms with Crippen molar-refractivity contribution in [2.45, 2.75) is 25.5 Å². The standard InChI is InChI=1S/C16H17Cl2NOS/c17-13-3-1-2-12(16(13)18)14(20)4-7-19-8-5-15-11(10-19)6-9-21-15/h1-3,6,9,14,20H,4-5,7-8,10H2. The molecule has 0 amide bonds. The fourth-order valence-corrected chi connectivity index (χ4v) is 4.06. The number of fused-ring (bicyclic) bond motifs is 1. The SMILES string of the molecule is OC(CCN1CCc2sccc2C1)c1cccc(Cl)c1Cl. The normalized spacial score (nSPS) is 16.7. The van der Waals surface area contributed by atoms with Crippen molar-refractivity contribution < 1.29 is 5.11 Å². The van der Waals surface area contributed by atoms with Crippen molar-refractivity contribution in [3.8, 4) is 0 Å². The van der Waals surface area contributed by atoms with Crippen LogP contribution in [0.25, 0.3) is 0 Å². The van der Waals surface area contributed by atoms with Crippen molar-refractivity contribution in [2.24, 2.45) is 0 Å². The predicted molar refractivity (Wildman–Crippen MR) is 89.3 cm³/mol. The first-order chi connectivity index (χ1) is 10.1. The molecule has 5 heteroatoms. The average Bonchev–Trinajstić information content (AvgIpc) is 2.95. The number of aliphatic hydroxyl groups excluding tert-OH is 1. The molecule has 0 aliphatic carbocycles. The quantitative estimate of drug-likeness (QED) is 0.882. The second-order valence-electron chi connectivity index (χ2n) is 5.34. The molecule has 0 saturated carbocycles. The molecular weight excluding hydrogens is 325 g/mol. The summed E-state index contributed by atoms with van der Waals surface area (Å²) in [7, 11) is 0. The highest BCUT2D eigenvalue weighted by molar-refractivity contribution is 7.10. The van der Waals surface area contributed by atoms with Crippen LogP contribution in [0, 0.1) is 0 Å². The second-order valence-corrected chi connectivity index (χ2v) is 7.13. The van der Waals surface area contributed by atoms with Crippen LogP contribution in [-0.4, -0.2) is 23.1 Å². The van der Waals surface area contributed by atoms with Gasteiger partial charge in [0, 0.05) is 30.1 Å². The largest absolute Gasteiger partial charge is 0.388 e. The first-order valence-corrected chi connectivity index (χ1v) is 8.68. The highest BCUT2D eigenvalue weighted by Crippen LogP contribution is 2.32. The molecule has 1 aromatic heterocycles. The molecule has 0 fully saturated rings. The Bertz CT molecular complexity index is 628. The van der Waals surface area contributed by atoms with Gasteiger partial charge in [-0.25, -0.2) is 0 Å². The molecule has 0 bridgehead atoms. The van der Waals surface area contributed by atoms with Gasteiger partial charge < -0.3 is 5.11 Å². The number of thiophene rings is 1. The van der Waals surface area contributed by atoms with E-state index in [2.05, 4.69) is 16.3 Å². The fraction of sp³-hybridized carbons (Fsp3) is 0.375. The molecule has 3 rings (SSSR count). The van der Waals surface area contributed by atoms with Gasteiger partial charge in [0.05, 0.1) is 16.1 Å². The van der Waals surface area contributed by atoms with Gasteiger partial charge in [0.15, 0.2) is 0 Å². The molecule has 1 atom stereocenters. The second kappa shape index (κ2) is 6.67. The zero-order valence-electron chi connectivity index (χ0n) is 11.6. The zero-order valence-corrected chi connectivity index (χ0v) is 13.9. The van der Waals surface area contributed by atoms with Gasteiger partial charge in [0.2, 0.25) is 0 Å². The van der Waals surface area contributed by atoms with Crippen LogP contribution in [0.5, 0.6) is 0 Å². The van der Waals surface area contributed by atoms with E-state index in [9.17, 15) is 5.11 Å². The minimum Gasteiger partial charge on any atom is -0.388 e. The number of rotatable bonds is 4. The van der Waals surface area contributed by atoms with Crippen LogP contribution in [0.15, 0.2) is 29.6 Å². The van der Waals surface area contributed by atoms with Crippen LogP contribution < -0.4 is 0 Å². The first kappa shape index (κ1) is 15.3. The monoisotopic (exact) mass is 341 g/mol. The summed E-state index contributed by atoms with van der Waals surface area (Å²) < 4.78 is 0. The maximum Gasteiger partial charge on any atom is 0.0817 e. The molecule has 1 aliphatic rings. The molecule has 2 nitrogen and oxygen atoms in total. The number of hydrogen-bond acceptors (Lipinski definition) is 3. The van der Waals surface area contributed by atoms with E-state index in [0.717, 1.165) is 31.6 Å². The number of aliphatic hydroxyl groups is 1. The Hall–Kier alpha value is -0.580. The van der Waals surface area contributed by atoms with Crippen molar-refractivity contribution in [1.82, 2.24) is 4.90 Å². The predicted octanol–water partition coefficient (Wildman–Crippen LogP) is 4.54. The van der Waals surface area contributed by atoms with Crippen LogP contribution in [0.1, 0.15) is 28.5 Å². The molecule has 1 unspecified atom stereocenters. The van der Waals surface area contributed by atoms with Crippen molar-refractivity contribution in [2.75, 3.05) is 13.1 Å². The number of hydrogen-bond donors (Lipinski definition) is 1. The number of benzene rings is 1. The summed E-state index contributed by atoms with van der Waals surface area (Å²) in [6.45, 7) is 2.90. The lowest BCUT2D eigenvalue weighted by atomic mass is 10.0. The summed E-state index contributed by atoms with van der Waals surface area (Å²) in [4.78, 5) is 3.89. The minimum atomic E-state index is -0.569. The van der Waals surface area contributed by atoms with Gasteiger partial charge in [-0.05, 0) is 35.9 Å². The van der Waals surface area contributed by atoms with Gasteiger partial charge in [-0.3, -0.25) is 4.90 Å². The van der Waals surface area contributed by atoms with Crippen LogP contribution >= 0.6 is 34.5 Å². The van der Waals surface area contributed by atoms with Crippen LogP contribution in [0.3, 0.4) is 0 Å². The van der Waals surface area contributed by atoms with Gasteiger partial charge in [-0.15, -0.1) is 11.3 Å². The highest BCUT2D eigenvalue weighted by atomic mass is 35.5. The molecule has 112 valence electrons. The molecule has 1 aromatic carbocycles. The topological polar surface area (TPSA) is 23.5 Å². The Balaban J connectivity index is 1.59. The Labute approximate surface area is 138 Å². The van der Waals surface area contributed by atoms with Crippen molar-refractivity contribution >= 4 is 34.5 Å². The highest BCUT2D eigenvalue weighted by Gasteiger charge is 2.19. The molecule has 0 radical (unpaired) electrons. The molecule has 0 saturated heterocycles. The third kappa shape index (κ3) is 3.43. The van der Waals surface area contributed by atoms with E-state index < -0.39 is 6.10 Å². The third-order valence-electron chi connectivity index (χ3n) is 3.95. The van der Waals surface area contributed by atoms with Gasteiger partial charge in [-0.1, -0.05) is 35.3 Å². The zero-order chi connectivity index (χ0) is 14.8. The molecule has 21 heavy (non-hydrogen) atoms. The molecular formula is C16H17Cl2NOS. The van der Waals surface area contributed by atoms with E-state index in [0.29, 0.717) is 16.5 Å². The summed E-state index contributed by atoms with van der Waals surface area (Å²) >= 11 is 14.0. The smallest absolute Gasteiger partial charge is 0.0817 e. The molecule has 0 spiro atoms. The lowest BCUT2D eigenvalue weighted by Gasteiger charge is -2.27. The van der Waals surface area contributed by atoms with E-state index in [1.807, 2.05) is 23.5 Å². The maximum absolute atomic E-state index is 10.3. The Morgan fingerprint density at radius 2 is 2.14 bits per heavy atom. The summed E-state index contributed by atoms with van der Waals surface area (Å²) in [6, 6.07) is 7.61. The van der Waals surface area contributed by atoms with E-state index in [4.69, 9.17) is 23.2 Å². The lowest BCUT2D eigenvalue weighted by Crippen LogP contribution is -2.31. The number of halogens is 2. The lowest BCUT2D eigenvalue weighted by molar-refractivity contribution is 0.138.